The maximum absolute atomic E-state index is 8.47. The Kier molecular flexibility index (Phi) is 7.01. The summed E-state index contributed by atoms with van der Waals surface area (Å²) >= 11 is 0. The van der Waals surface area contributed by atoms with E-state index in [2.05, 4.69) is 5.32 Å². The Labute approximate surface area is 86.8 Å². The van der Waals surface area contributed by atoms with Crippen LogP contribution in [0.25, 0.3) is 0 Å². The van der Waals surface area contributed by atoms with Crippen LogP contribution < -0.4 is 5.32 Å². The molecule has 0 saturated heterocycles. The molecule has 0 spiro atoms. The van der Waals surface area contributed by atoms with Crippen molar-refractivity contribution in [3.8, 4) is 0 Å². The van der Waals surface area contributed by atoms with E-state index in [0.29, 0.717) is 6.61 Å². The molecule has 0 amide bonds. The zero-order valence-corrected chi connectivity index (χ0v) is 9.00. The molecule has 1 saturated carbocycles. The molecule has 0 radical (unpaired) electrons. The average Bonchev–Trinajstić information content (AvgIpc) is 2.69. The van der Waals surface area contributed by atoms with Crippen LogP contribution in [0.4, 0.5) is 0 Å². The maximum atomic E-state index is 8.47. The van der Waals surface area contributed by atoms with Crippen molar-refractivity contribution >= 4 is 0 Å². The minimum absolute atomic E-state index is 0.134. The van der Waals surface area contributed by atoms with Gasteiger partial charge in [-0.05, 0) is 38.3 Å². The molecule has 14 heavy (non-hydrogen) atoms. The third kappa shape index (κ3) is 5.58. The molecule has 0 atom stereocenters. The lowest BCUT2D eigenvalue weighted by atomic mass is 10.1. The van der Waals surface area contributed by atoms with Crippen LogP contribution >= 0.6 is 0 Å². The van der Waals surface area contributed by atoms with E-state index >= 15 is 0 Å². The lowest BCUT2D eigenvalue weighted by Gasteiger charge is -2.10. The first kappa shape index (κ1) is 12.0. The summed E-state index contributed by atoms with van der Waals surface area (Å²) in [4.78, 5) is 0. The van der Waals surface area contributed by atoms with Crippen LogP contribution in [0.1, 0.15) is 32.1 Å². The summed E-state index contributed by atoms with van der Waals surface area (Å²) in [6.45, 7) is 3.60. The summed E-state index contributed by atoms with van der Waals surface area (Å²) in [6.07, 6.45) is 6.71. The molecule has 0 unspecified atom stereocenters. The largest absolute Gasteiger partial charge is 0.394 e. The molecule has 1 rings (SSSR count). The van der Waals surface area contributed by atoms with Gasteiger partial charge in [0.15, 0.2) is 0 Å². The second-order valence-electron chi connectivity index (χ2n) is 4.04. The molecular formula is C11H23NO2. The van der Waals surface area contributed by atoms with E-state index in [-0.39, 0.29) is 6.61 Å². The molecule has 3 nitrogen and oxygen atoms in total. The summed E-state index contributed by atoms with van der Waals surface area (Å²) in [5, 5.41) is 11.9. The third-order valence-electron chi connectivity index (χ3n) is 2.79. The van der Waals surface area contributed by atoms with Crippen molar-refractivity contribution in [3.05, 3.63) is 0 Å². The van der Waals surface area contributed by atoms with Gasteiger partial charge in [0.25, 0.3) is 0 Å². The molecule has 0 heterocycles. The number of rotatable bonds is 8. The molecule has 0 bridgehead atoms. The Morgan fingerprint density at radius 2 is 2.00 bits per heavy atom. The summed E-state index contributed by atoms with van der Waals surface area (Å²) in [7, 11) is 0. The quantitative estimate of drug-likeness (QED) is 0.579. The minimum atomic E-state index is 0.134. The van der Waals surface area contributed by atoms with Gasteiger partial charge < -0.3 is 15.2 Å². The highest BCUT2D eigenvalue weighted by molar-refractivity contribution is 4.69. The fourth-order valence-corrected chi connectivity index (χ4v) is 1.99. The summed E-state index contributed by atoms with van der Waals surface area (Å²) in [5.74, 6) is 0.924. The highest BCUT2D eigenvalue weighted by Crippen LogP contribution is 2.23. The van der Waals surface area contributed by atoms with Gasteiger partial charge in [0.05, 0.1) is 13.2 Å². The Hall–Kier alpha value is -0.120. The fraction of sp³-hybridized carbons (Fsp3) is 1.00. The molecule has 0 aromatic rings. The van der Waals surface area contributed by atoms with Gasteiger partial charge in [-0.3, -0.25) is 0 Å². The predicted molar refractivity (Wildman–Crippen MR) is 57.3 cm³/mol. The van der Waals surface area contributed by atoms with E-state index in [9.17, 15) is 0 Å². The zero-order chi connectivity index (χ0) is 10.1. The van der Waals surface area contributed by atoms with Crippen molar-refractivity contribution < 1.29 is 9.84 Å². The van der Waals surface area contributed by atoms with E-state index in [1.54, 1.807) is 0 Å². The van der Waals surface area contributed by atoms with E-state index in [1.807, 2.05) is 0 Å². The summed E-state index contributed by atoms with van der Waals surface area (Å²) in [6, 6.07) is 0. The smallest absolute Gasteiger partial charge is 0.0697 e. The number of aliphatic hydroxyl groups excluding tert-OH is 1. The third-order valence-corrected chi connectivity index (χ3v) is 2.79. The number of ether oxygens (including phenoxy) is 1. The average molecular weight is 201 g/mol. The van der Waals surface area contributed by atoms with E-state index in [1.165, 1.54) is 32.2 Å². The molecular weight excluding hydrogens is 178 g/mol. The van der Waals surface area contributed by atoms with Gasteiger partial charge in [0, 0.05) is 6.61 Å². The van der Waals surface area contributed by atoms with E-state index < -0.39 is 0 Å². The molecule has 1 aliphatic rings. The topological polar surface area (TPSA) is 41.5 Å². The highest BCUT2D eigenvalue weighted by atomic mass is 16.5. The molecule has 3 heteroatoms. The molecule has 0 aromatic heterocycles. The van der Waals surface area contributed by atoms with Crippen LogP contribution in [-0.4, -0.2) is 38.0 Å². The van der Waals surface area contributed by atoms with Gasteiger partial charge in [0.1, 0.15) is 0 Å². The van der Waals surface area contributed by atoms with Crippen molar-refractivity contribution in [3.63, 3.8) is 0 Å². The number of hydrogen-bond donors (Lipinski definition) is 2. The second kappa shape index (κ2) is 8.21. The molecule has 0 aliphatic heterocycles. The van der Waals surface area contributed by atoms with E-state index in [0.717, 1.165) is 25.5 Å². The van der Waals surface area contributed by atoms with Crippen LogP contribution in [0.2, 0.25) is 0 Å². The van der Waals surface area contributed by atoms with Crippen LogP contribution in [0, 0.1) is 5.92 Å². The Bertz CT molecular complexity index is 124. The van der Waals surface area contributed by atoms with Crippen molar-refractivity contribution in [2.24, 2.45) is 5.92 Å². The van der Waals surface area contributed by atoms with Crippen molar-refractivity contribution in [1.82, 2.24) is 5.32 Å². The summed E-state index contributed by atoms with van der Waals surface area (Å²) in [5.41, 5.74) is 0. The van der Waals surface area contributed by atoms with Gasteiger partial charge in [-0.1, -0.05) is 12.8 Å². The predicted octanol–water partition coefficient (Wildman–Crippen LogP) is 1.17. The normalized spacial score (nSPS) is 17.8. The fourth-order valence-electron chi connectivity index (χ4n) is 1.99. The molecule has 0 aromatic carbocycles. The Morgan fingerprint density at radius 1 is 1.21 bits per heavy atom. The first-order chi connectivity index (χ1) is 6.93. The lowest BCUT2D eigenvalue weighted by Crippen LogP contribution is -2.23. The van der Waals surface area contributed by atoms with Crippen LogP contribution in [0.15, 0.2) is 0 Å². The molecule has 2 N–H and O–H groups in total. The standard InChI is InChI=1S/C11H23NO2/c13-7-9-14-8-3-6-12-10-11-4-1-2-5-11/h11-13H,1-10H2. The zero-order valence-electron chi connectivity index (χ0n) is 9.00. The SMILES string of the molecule is OCCOCCCNCC1CCCC1. The van der Waals surface area contributed by atoms with Crippen molar-refractivity contribution in [2.75, 3.05) is 32.9 Å². The lowest BCUT2D eigenvalue weighted by molar-refractivity contribution is 0.0906. The molecule has 84 valence electrons. The molecule has 1 aliphatic carbocycles. The van der Waals surface area contributed by atoms with Gasteiger partial charge in [0.2, 0.25) is 0 Å². The van der Waals surface area contributed by atoms with Crippen molar-refractivity contribution in [2.45, 2.75) is 32.1 Å². The van der Waals surface area contributed by atoms with Gasteiger partial charge >= 0.3 is 0 Å². The Morgan fingerprint density at radius 3 is 2.71 bits per heavy atom. The van der Waals surface area contributed by atoms with Crippen LogP contribution in [0.5, 0.6) is 0 Å². The second-order valence-corrected chi connectivity index (χ2v) is 4.04. The van der Waals surface area contributed by atoms with Crippen LogP contribution in [0.3, 0.4) is 0 Å². The maximum Gasteiger partial charge on any atom is 0.0697 e. The van der Waals surface area contributed by atoms with E-state index in [4.69, 9.17) is 9.84 Å². The highest BCUT2D eigenvalue weighted by Gasteiger charge is 2.13. The van der Waals surface area contributed by atoms with Gasteiger partial charge in [-0.15, -0.1) is 0 Å². The minimum Gasteiger partial charge on any atom is -0.394 e. The van der Waals surface area contributed by atoms with Crippen molar-refractivity contribution in [1.29, 1.82) is 0 Å². The number of aliphatic hydroxyl groups is 1. The van der Waals surface area contributed by atoms with Gasteiger partial charge in [-0.25, -0.2) is 0 Å². The Balaban J connectivity index is 1.75. The van der Waals surface area contributed by atoms with Crippen LogP contribution in [-0.2, 0) is 4.74 Å². The number of hydrogen-bond acceptors (Lipinski definition) is 3. The van der Waals surface area contributed by atoms with Gasteiger partial charge in [-0.2, -0.15) is 0 Å². The monoisotopic (exact) mass is 201 g/mol. The molecule has 1 fully saturated rings. The first-order valence-corrected chi connectivity index (χ1v) is 5.83. The number of nitrogens with one attached hydrogen (secondary N) is 1. The first-order valence-electron chi connectivity index (χ1n) is 5.83. The summed E-state index contributed by atoms with van der Waals surface area (Å²) < 4.78 is 5.16.